The van der Waals surface area contributed by atoms with Gasteiger partial charge in [0, 0.05) is 6.20 Å². The molecule has 2 amide bonds. The highest BCUT2D eigenvalue weighted by atomic mass is 19.4. The molecule has 2 aromatic rings. The van der Waals surface area contributed by atoms with Crippen molar-refractivity contribution in [1.82, 2.24) is 15.6 Å². The summed E-state index contributed by atoms with van der Waals surface area (Å²) in [7, 11) is 0. The molecule has 4 nitrogen and oxygen atoms in total. The largest absolute Gasteiger partial charge is 0.408 e. The molecule has 1 aromatic heterocycles. The summed E-state index contributed by atoms with van der Waals surface area (Å²) in [4.78, 5) is 16.5. The SMILES string of the molecule is C=CCc1cccnc1[C@@H](NC(=O)N[C@@H](C)C(F)(F)F)c1ccc(CF)cc1. The minimum atomic E-state index is -4.56. The molecule has 0 saturated heterocycles. The minimum Gasteiger partial charge on any atom is -0.327 e. The van der Waals surface area contributed by atoms with E-state index in [1.54, 1.807) is 42.5 Å². The fourth-order valence-corrected chi connectivity index (χ4v) is 2.60. The Hall–Kier alpha value is -2.90. The first-order chi connectivity index (χ1) is 13.3. The van der Waals surface area contributed by atoms with Crippen LogP contribution >= 0.6 is 0 Å². The fourth-order valence-electron chi connectivity index (χ4n) is 2.60. The Balaban J connectivity index is 2.36. The molecule has 1 heterocycles. The van der Waals surface area contributed by atoms with E-state index >= 15 is 0 Å². The van der Waals surface area contributed by atoms with Crippen LogP contribution in [-0.2, 0) is 13.1 Å². The van der Waals surface area contributed by atoms with Gasteiger partial charge in [-0.1, -0.05) is 36.4 Å². The lowest BCUT2D eigenvalue weighted by Gasteiger charge is -2.24. The number of hydrogen-bond acceptors (Lipinski definition) is 2. The van der Waals surface area contributed by atoms with Gasteiger partial charge in [0.05, 0.1) is 11.7 Å². The second-order valence-electron chi connectivity index (χ2n) is 6.23. The Morgan fingerprint density at radius 2 is 1.89 bits per heavy atom. The normalized spacial score (nSPS) is 13.5. The molecule has 28 heavy (non-hydrogen) atoms. The molecule has 2 rings (SSSR count). The summed E-state index contributed by atoms with van der Waals surface area (Å²) in [6, 6.07) is 6.02. The summed E-state index contributed by atoms with van der Waals surface area (Å²) in [5.74, 6) is 0. The number of urea groups is 1. The Morgan fingerprint density at radius 1 is 1.21 bits per heavy atom. The molecule has 150 valence electrons. The topological polar surface area (TPSA) is 54.0 Å². The summed E-state index contributed by atoms with van der Waals surface area (Å²) in [6.45, 7) is 3.90. The average Bonchev–Trinajstić information content (AvgIpc) is 2.66. The predicted molar refractivity (Wildman–Crippen MR) is 98.4 cm³/mol. The van der Waals surface area contributed by atoms with Crippen molar-refractivity contribution in [2.45, 2.75) is 38.3 Å². The molecule has 0 saturated carbocycles. The molecular formula is C20H21F4N3O. The molecule has 0 unspecified atom stereocenters. The Labute approximate surface area is 160 Å². The van der Waals surface area contributed by atoms with Crippen molar-refractivity contribution in [3.63, 3.8) is 0 Å². The number of alkyl halides is 4. The highest BCUT2D eigenvalue weighted by Crippen LogP contribution is 2.25. The molecule has 0 radical (unpaired) electrons. The summed E-state index contributed by atoms with van der Waals surface area (Å²) in [5, 5.41) is 4.43. The third-order valence-corrected chi connectivity index (χ3v) is 4.15. The third kappa shape index (κ3) is 5.55. The number of allylic oxidation sites excluding steroid dienone is 1. The van der Waals surface area contributed by atoms with E-state index in [1.165, 1.54) is 6.20 Å². The van der Waals surface area contributed by atoms with Gasteiger partial charge in [-0.05, 0) is 36.1 Å². The van der Waals surface area contributed by atoms with Gasteiger partial charge in [0.25, 0.3) is 0 Å². The number of rotatable bonds is 7. The second-order valence-corrected chi connectivity index (χ2v) is 6.23. The monoisotopic (exact) mass is 395 g/mol. The van der Waals surface area contributed by atoms with E-state index in [1.807, 2.05) is 5.32 Å². The van der Waals surface area contributed by atoms with Gasteiger partial charge in [0.15, 0.2) is 0 Å². The molecular weight excluding hydrogens is 374 g/mol. The van der Waals surface area contributed by atoms with Crippen LogP contribution in [0.3, 0.4) is 0 Å². The van der Waals surface area contributed by atoms with Crippen molar-refractivity contribution in [3.8, 4) is 0 Å². The summed E-state index contributed by atoms with van der Waals surface area (Å²) in [5.41, 5.74) is 2.26. The van der Waals surface area contributed by atoms with Gasteiger partial charge in [-0.15, -0.1) is 6.58 Å². The second kappa shape index (κ2) is 9.34. The third-order valence-electron chi connectivity index (χ3n) is 4.15. The number of halogens is 4. The molecule has 1 aromatic carbocycles. The highest BCUT2D eigenvalue weighted by molar-refractivity contribution is 5.75. The van der Waals surface area contributed by atoms with E-state index in [-0.39, 0.29) is 0 Å². The van der Waals surface area contributed by atoms with Crippen molar-refractivity contribution < 1.29 is 22.4 Å². The quantitative estimate of drug-likeness (QED) is 0.531. The lowest BCUT2D eigenvalue weighted by Crippen LogP contribution is -2.48. The Kier molecular flexibility index (Phi) is 7.14. The van der Waals surface area contributed by atoms with E-state index in [4.69, 9.17) is 0 Å². The summed E-state index contributed by atoms with van der Waals surface area (Å²) < 4.78 is 51.0. The number of nitrogens with one attached hydrogen (secondary N) is 2. The first-order valence-electron chi connectivity index (χ1n) is 8.59. The molecule has 2 atom stereocenters. The highest BCUT2D eigenvalue weighted by Gasteiger charge is 2.37. The fraction of sp³-hybridized carbons (Fsp3) is 0.300. The van der Waals surface area contributed by atoms with E-state index in [2.05, 4.69) is 16.9 Å². The number of benzene rings is 1. The lowest BCUT2D eigenvalue weighted by molar-refractivity contribution is -0.148. The molecule has 0 aliphatic rings. The maximum atomic E-state index is 12.8. The zero-order valence-corrected chi connectivity index (χ0v) is 15.3. The maximum Gasteiger partial charge on any atom is 0.408 e. The van der Waals surface area contributed by atoms with Crippen LogP contribution in [0.1, 0.15) is 35.3 Å². The molecule has 0 aliphatic heterocycles. The van der Waals surface area contributed by atoms with Crippen LogP contribution in [0.5, 0.6) is 0 Å². The first-order valence-corrected chi connectivity index (χ1v) is 8.59. The predicted octanol–water partition coefficient (Wildman–Crippen LogP) is 4.62. The van der Waals surface area contributed by atoms with Crippen LogP contribution in [0.25, 0.3) is 0 Å². The lowest BCUT2D eigenvalue weighted by atomic mass is 9.97. The molecule has 2 N–H and O–H groups in total. The Bertz CT molecular complexity index is 806. The zero-order valence-electron chi connectivity index (χ0n) is 15.3. The molecule has 0 bridgehead atoms. The van der Waals surface area contributed by atoms with Gasteiger partial charge in [0.1, 0.15) is 12.7 Å². The zero-order chi connectivity index (χ0) is 20.7. The number of nitrogens with zero attached hydrogens (tertiary/aromatic N) is 1. The van der Waals surface area contributed by atoms with Crippen LogP contribution < -0.4 is 10.6 Å². The van der Waals surface area contributed by atoms with Crippen LogP contribution in [0.4, 0.5) is 22.4 Å². The number of pyridine rings is 1. The van der Waals surface area contributed by atoms with Gasteiger partial charge >= 0.3 is 12.2 Å². The van der Waals surface area contributed by atoms with Gasteiger partial charge in [-0.25, -0.2) is 9.18 Å². The van der Waals surface area contributed by atoms with E-state index in [9.17, 15) is 22.4 Å². The van der Waals surface area contributed by atoms with Gasteiger partial charge in [0.2, 0.25) is 0 Å². The standard InChI is InChI=1S/C20H21F4N3O/c1-3-5-15-6-4-11-25-17(15)18(16-9-7-14(12-21)8-10-16)27-19(28)26-13(2)20(22,23)24/h3-4,6-11,13,18H,1,5,12H2,2H3,(H2,26,27,28)/t13-,18-/m0/s1. The minimum absolute atomic E-state index is 0.449. The van der Waals surface area contributed by atoms with Crippen LogP contribution in [-0.4, -0.2) is 23.2 Å². The van der Waals surface area contributed by atoms with Crippen molar-refractivity contribution in [3.05, 3.63) is 77.6 Å². The van der Waals surface area contributed by atoms with Crippen LogP contribution in [0.15, 0.2) is 55.3 Å². The molecule has 8 heteroatoms. The van der Waals surface area contributed by atoms with Crippen molar-refractivity contribution >= 4 is 6.03 Å². The number of carbonyl (C=O) groups is 1. The van der Waals surface area contributed by atoms with E-state index in [0.717, 1.165) is 12.5 Å². The van der Waals surface area contributed by atoms with Crippen molar-refractivity contribution in [2.75, 3.05) is 0 Å². The van der Waals surface area contributed by atoms with Gasteiger partial charge in [-0.2, -0.15) is 13.2 Å². The van der Waals surface area contributed by atoms with E-state index < -0.39 is 31.0 Å². The first kappa shape index (κ1) is 21.4. The maximum absolute atomic E-state index is 12.8. The molecule has 0 fully saturated rings. The molecule has 0 spiro atoms. The number of amides is 2. The number of hydrogen-bond donors (Lipinski definition) is 2. The Morgan fingerprint density at radius 3 is 2.46 bits per heavy atom. The van der Waals surface area contributed by atoms with Gasteiger partial charge < -0.3 is 10.6 Å². The van der Waals surface area contributed by atoms with Gasteiger partial charge in [-0.3, -0.25) is 4.98 Å². The van der Waals surface area contributed by atoms with E-state index in [0.29, 0.717) is 23.2 Å². The average molecular weight is 395 g/mol. The smallest absolute Gasteiger partial charge is 0.327 e. The summed E-state index contributed by atoms with van der Waals surface area (Å²) in [6.07, 6.45) is -0.905. The number of carbonyl (C=O) groups excluding carboxylic acids is 1. The van der Waals surface area contributed by atoms with Crippen LogP contribution in [0, 0.1) is 0 Å². The van der Waals surface area contributed by atoms with Crippen molar-refractivity contribution in [2.24, 2.45) is 0 Å². The number of aromatic nitrogens is 1. The van der Waals surface area contributed by atoms with Crippen LogP contribution in [0.2, 0.25) is 0 Å². The molecule has 0 aliphatic carbocycles. The summed E-state index contributed by atoms with van der Waals surface area (Å²) >= 11 is 0. The van der Waals surface area contributed by atoms with Crippen molar-refractivity contribution in [1.29, 1.82) is 0 Å².